The molecule has 41 heavy (non-hydrogen) atoms. The summed E-state index contributed by atoms with van der Waals surface area (Å²) in [5.41, 5.74) is 1.49. The number of nitrogens with one attached hydrogen (secondary N) is 1. The summed E-state index contributed by atoms with van der Waals surface area (Å²) in [5, 5.41) is 3.48. The first-order valence-corrected chi connectivity index (χ1v) is 15.8. The molecule has 0 aliphatic heterocycles. The summed E-state index contributed by atoms with van der Waals surface area (Å²) >= 11 is 6.46. The molecule has 0 heterocycles. The molecular formula is C31H37ClFN3O4S. The molecule has 3 aromatic rings. The number of nitrogens with zero attached hydrogens (tertiary/aromatic N) is 2. The number of rotatable bonds is 14. The predicted octanol–water partition coefficient (Wildman–Crippen LogP) is 5.58. The second kappa shape index (κ2) is 15.0. The van der Waals surface area contributed by atoms with Gasteiger partial charge in [0.15, 0.2) is 0 Å². The van der Waals surface area contributed by atoms with Crippen molar-refractivity contribution in [2.24, 2.45) is 0 Å². The average molecular weight is 602 g/mol. The zero-order chi connectivity index (χ0) is 30.0. The maximum Gasteiger partial charge on any atom is 0.243 e. The second-order valence-electron chi connectivity index (χ2n) is 10.0. The van der Waals surface area contributed by atoms with Gasteiger partial charge in [0.2, 0.25) is 21.8 Å². The fraction of sp³-hybridized carbons (Fsp3) is 0.355. The first kappa shape index (κ1) is 32.1. The minimum absolute atomic E-state index is 0.0627. The van der Waals surface area contributed by atoms with Crippen molar-refractivity contribution >= 4 is 39.1 Å². The highest BCUT2D eigenvalue weighted by Gasteiger charge is 2.31. The van der Waals surface area contributed by atoms with Gasteiger partial charge in [0.1, 0.15) is 11.9 Å². The van der Waals surface area contributed by atoms with Crippen molar-refractivity contribution in [1.29, 1.82) is 0 Å². The maximum absolute atomic E-state index is 14.5. The van der Waals surface area contributed by atoms with Crippen LogP contribution in [0.4, 0.5) is 10.1 Å². The van der Waals surface area contributed by atoms with Gasteiger partial charge < -0.3 is 10.2 Å². The van der Waals surface area contributed by atoms with E-state index in [9.17, 15) is 22.4 Å². The van der Waals surface area contributed by atoms with Gasteiger partial charge in [0.05, 0.1) is 11.9 Å². The summed E-state index contributed by atoms with van der Waals surface area (Å²) < 4.78 is 40.4. The normalized spacial score (nSPS) is 12.8. The van der Waals surface area contributed by atoms with Gasteiger partial charge in [-0.1, -0.05) is 79.2 Å². The molecule has 0 saturated carbocycles. The van der Waals surface area contributed by atoms with Gasteiger partial charge in [-0.3, -0.25) is 13.9 Å². The molecule has 0 aliphatic rings. The molecule has 0 radical (unpaired) electrons. The zero-order valence-corrected chi connectivity index (χ0v) is 25.2. The van der Waals surface area contributed by atoms with Gasteiger partial charge in [-0.25, -0.2) is 12.8 Å². The van der Waals surface area contributed by atoms with Crippen LogP contribution in [-0.4, -0.2) is 50.0 Å². The van der Waals surface area contributed by atoms with E-state index in [0.29, 0.717) is 10.6 Å². The molecule has 0 bridgehead atoms. The monoisotopic (exact) mass is 601 g/mol. The molecule has 0 spiro atoms. The standard InChI is InChI=1S/C31H37ClFN3O4S/c1-4-23(2)34-31(38)29(21-24-13-6-5-7-14-24)35(22-25-15-8-9-16-26(25)32)30(37)19-12-20-36(41(3,39)40)28-18-11-10-17-27(28)33/h5-11,13-18,23,29H,4,12,19-22H2,1-3H3,(H,34,38)/t23-,29-/m0/s1. The minimum Gasteiger partial charge on any atom is -0.352 e. The minimum atomic E-state index is -3.81. The third kappa shape index (κ3) is 9.30. The Morgan fingerprint density at radius 3 is 2.24 bits per heavy atom. The van der Waals surface area contributed by atoms with Crippen LogP contribution in [0.5, 0.6) is 0 Å². The van der Waals surface area contributed by atoms with Gasteiger partial charge in [0.25, 0.3) is 0 Å². The molecule has 220 valence electrons. The quantitative estimate of drug-likeness (QED) is 0.261. The average Bonchev–Trinajstić information content (AvgIpc) is 2.94. The Labute approximate surface area is 247 Å². The van der Waals surface area contributed by atoms with E-state index < -0.39 is 21.9 Å². The lowest BCUT2D eigenvalue weighted by Crippen LogP contribution is -2.52. The molecule has 0 aliphatic carbocycles. The number of hydrogen-bond acceptors (Lipinski definition) is 4. The lowest BCUT2D eigenvalue weighted by atomic mass is 10.0. The van der Waals surface area contributed by atoms with Gasteiger partial charge in [-0.05, 0) is 49.1 Å². The molecule has 3 rings (SSSR count). The lowest BCUT2D eigenvalue weighted by Gasteiger charge is -2.33. The number of halogens is 2. The topological polar surface area (TPSA) is 86.8 Å². The van der Waals surface area contributed by atoms with Gasteiger partial charge >= 0.3 is 0 Å². The van der Waals surface area contributed by atoms with Crippen LogP contribution in [0.1, 0.15) is 44.2 Å². The molecule has 0 unspecified atom stereocenters. The molecule has 0 fully saturated rings. The van der Waals surface area contributed by atoms with Crippen LogP contribution in [-0.2, 0) is 32.6 Å². The Bertz CT molecular complexity index is 1420. The van der Waals surface area contributed by atoms with Crippen LogP contribution in [0.2, 0.25) is 5.02 Å². The van der Waals surface area contributed by atoms with E-state index in [2.05, 4.69) is 5.32 Å². The van der Waals surface area contributed by atoms with E-state index in [1.165, 1.54) is 23.1 Å². The first-order valence-electron chi connectivity index (χ1n) is 13.6. The Kier molecular flexibility index (Phi) is 11.7. The molecular weight excluding hydrogens is 565 g/mol. The SMILES string of the molecule is CC[C@H](C)NC(=O)[C@H](Cc1ccccc1)N(Cc1ccccc1Cl)C(=O)CCCN(c1ccccc1F)S(C)(=O)=O. The van der Waals surface area contributed by atoms with Crippen molar-refractivity contribution in [2.75, 3.05) is 17.1 Å². The third-order valence-electron chi connectivity index (χ3n) is 6.84. The second-order valence-corrected chi connectivity index (χ2v) is 12.3. The van der Waals surface area contributed by atoms with E-state index in [1.807, 2.05) is 50.2 Å². The summed E-state index contributed by atoms with van der Waals surface area (Å²) in [4.78, 5) is 29.0. The van der Waals surface area contributed by atoms with Crippen LogP contribution in [0.3, 0.4) is 0 Å². The van der Waals surface area contributed by atoms with E-state index in [-0.39, 0.29) is 55.9 Å². The number of benzene rings is 3. The van der Waals surface area contributed by atoms with E-state index >= 15 is 0 Å². The largest absolute Gasteiger partial charge is 0.352 e. The smallest absolute Gasteiger partial charge is 0.243 e. The van der Waals surface area contributed by atoms with Crippen molar-refractivity contribution in [1.82, 2.24) is 10.2 Å². The molecule has 1 N–H and O–H groups in total. The molecule has 0 saturated heterocycles. The van der Waals surface area contributed by atoms with Gasteiger partial charge in [0, 0.05) is 37.0 Å². The molecule has 10 heteroatoms. The van der Waals surface area contributed by atoms with Crippen molar-refractivity contribution < 1.29 is 22.4 Å². The van der Waals surface area contributed by atoms with Gasteiger partial charge in [-0.15, -0.1) is 0 Å². The van der Waals surface area contributed by atoms with Gasteiger partial charge in [-0.2, -0.15) is 0 Å². The summed E-state index contributed by atoms with van der Waals surface area (Å²) in [5.74, 6) is -1.30. The summed E-state index contributed by atoms with van der Waals surface area (Å²) in [6.07, 6.45) is 2.06. The Balaban J connectivity index is 1.91. The Morgan fingerprint density at radius 1 is 0.976 bits per heavy atom. The van der Waals surface area contributed by atoms with Crippen LogP contribution >= 0.6 is 11.6 Å². The van der Waals surface area contributed by atoms with E-state index in [1.54, 1.807) is 24.3 Å². The molecule has 3 aromatic carbocycles. The molecule has 0 aromatic heterocycles. The highest BCUT2D eigenvalue weighted by Crippen LogP contribution is 2.24. The molecule has 2 amide bonds. The highest BCUT2D eigenvalue weighted by molar-refractivity contribution is 7.92. The summed E-state index contributed by atoms with van der Waals surface area (Å²) in [7, 11) is -3.81. The number of carbonyl (C=O) groups is 2. The zero-order valence-electron chi connectivity index (χ0n) is 23.6. The van der Waals surface area contributed by atoms with Crippen molar-refractivity contribution in [3.63, 3.8) is 0 Å². The molecule has 7 nitrogen and oxygen atoms in total. The Hall–Kier alpha value is -3.43. The number of para-hydroxylation sites is 1. The number of hydrogen-bond donors (Lipinski definition) is 1. The summed E-state index contributed by atoms with van der Waals surface area (Å²) in [6, 6.07) is 21.2. The van der Waals surface area contributed by atoms with E-state index in [4.69, 9.17) is 11.6 Å². The molecule has 2 atom stereocenters. The maximum atomic E-state index is 14.5. The lowest BCUT2D eigenvalue weighted by molar-refractivity contribution is -0.141. The van der Waals surface area contributed by atoms with Crippen LogP contribution in [0.25, 0.3) is 0 Å². The number of anilines is 1. The van der Waals surface area contributed by atoms with Crippen molar-refractivity contribution in [2.45, 2.75) is 58.2 Å². The number of carbonyl (C=O) groups excluding carboxylic acids is 2. The first-order chi connectivity index (χ1) is 19.5. The number of sulfonamides is 1. The highest BCUT2D eigenvalue weighted by atomic mass is 35.5. The van der Waals surface area contributed by atoms with Crippen molar-refractivity contribution in [3.8, 4) is 0 Å². The van der Waals surface area contributed by atoms with Crippen LogP contribution < -0.4 is 9.62 Å². The van der Waals surface area contributed by atoms with Crippen LogP contribution in [0, 0.1) is 5.82 Å². The predicted molar refractivity (Wildman–Crippen MR) is 162 cm³/mol. The summed E-state index contributed by atoms with van der Waals surface area (Å²) in [6.45, 7) is 3.86. The fourth-order valence-corrected chi connectivity index (χ4v) is 5.60. The fourth-order valence-electron chi connectivity index (χ4n) is 4.44. The van der Waals surface area contributed by atoms with Crippen LogP contribution in [0.15, 0.2) is 78.9 Å². The van der Waals surface area contributed by atoms with Crippen molar-refractivity contribution in [3.05, 3.63) is 101 Å². The van der Waals surface area contributed by atoms with E-state index in [0.717, 1.165) is 22.5 Å². The Morgan fingerprint density at radius 2 is 1.61 bits per heavy atom. The number of amides is 2. The third-order valence-corrected chi connectivity index (χ3v) is 8.39.